The molecule has 7 heteroatoms. The molecule has 0 atom stereocenters. The van der Waals surface area contributed by atoms with Crippen LogP contribution in [0, 0.1) is 11.3 Å². The summed E-state index contributed by atoms with van der Waals surface area (Å²) in [4.78, 5) is 22.7. The third-order valence-corrected chi connectivity index (χ3v) is 4.06. The van der Waals surface area contributed by atoms with E-state index in [1.54, 1.807) is 0 Å². The normalized spacial score (nSPS) is 10.6. The zero-order valence-corrected chi connectivity index (χ0v) is 11.6. The highest BCUT2D eigenvalue weighted by molar-refractivity contribution is 7.92. The van der Waals surface area contributed by atoms with Gasteiger partial charge in [0.05, 0.1) is 30.9 Å². The van der Waals surface area contributed by atoms with Crippen molar-refractivity contribution in [1.29, 1.82) is 5.26 Å². The number of ether oxygens (including phenoxy) is 1. The van der Waals surface area contributed by atoms with E-state index in [2.05, 4.69) is 4.74 Å². The van der Waals surface area contributed by atoms with E-state index in [9.17, 15) is 18.0 Å². The van der Waals surface area contributed by atoms with Gasteiger partial charge in [0.15, 0.2) is 15.6 Å². The molecule has 0 aliphatic rings. The second-order valence-corrected chi connectivity index (χ2v) is 6.21. The first-order valence-corrected chi connectivity index (χ1v) is 7.50. The highest BCUT2D eigenvalue weighted by Crippen LogP contribution is 2.07. The fourth-order valence-electron chi connectivity index (χ4n) is 1.43. The third kappa shape index (κ3) is 4.82. The minimum Gasteiger partial charge on any atom is -0.469 e. The summed E-state index contributed by atoms with van der Waals surface area (Å²) < 4.78 is 27.7. The van der Waals surface area contributed by atoms with Crippen LogP contribution in [0.2, 0.25) is 0 Å². The first kappa shape index (κ1) is 15.9. The number of Topliss-reactive ketones (excluding diaryl/α,β-unsaturated/α-hetero) is 1. The fraction of sp³-hybridized carbons (Fsp3) is 0.308. The standard InChI is InChI=1S/C13H13NO5S/c1-19-13(16)6-7-20(17,18)9-12(15)11-4-2-10(8-14)3-5-11/h2-5H,6-7,9H2,1H3. The van der Waals surface area contributed by atoms with Crippen molar-refractivity contribution in [1.82, 2.24) is 0 Å². The van der Waals surface area contributed by atoms with Crippen LogP contribution in [0.1, 0.15) is 22.3 Å². The van der Waals surface area contributed by atoms with Crippen LogP contribution < -0.4 is 0 Å². The number of benzene rings is 1. The Labute approximate surface area is 116 Å². The van der Waals surface area contributed by atoms with Crippen molar-refractivity contribution in [2.75, 3.05) is 18.6 Å². The Hall–Kier alpha value is -2.20. The van der Waals surface area contributed by atoms with Gasteiger partial charge in [0.1, 0.15) is 5.75 Å². The molecular weight excluding hydrogens is 282 g/mol. The predicted octanol–water partition coefficient (Wildman–Crippen LogP) is 0.719. The van der Waals surface area contributed by atoms with Gasteiger partial charge in [-0.3, -0.25) is 9.59 Å². The van der Waals surface area contributed by atoms with Crippen LogP contribution in [0.3, 0.4) is 0 Å². The Morgan fingerprint density at radius 2 is 1.85 bits per heavy atom. The van der Waals surface area contributed by atoms with Crippen LogP contribution in [0.4, 0.5) is 0 Å². The molecular formula is C13H13NO5S. The maximum atomic E-state index is 11.8. The maximum absolute atomic E-state index is 11.8. The Morgan fingerprint density at radius 1 is 1.25 bits per heavy atom. The van der Waals surface area contributed by atoms with Crippen molar-refractivity contribution in [2.24, 2.45) is 0 Å². The monoisotopic (exact) mass is 295 g/mol. The molecule has 0 heterocycles. The summed E-state index contributed by atoms with van der Waals surface area (Å²) in [5, 5.41) is 8.62. The van der Waals surface area contributed by atoms with E-state index in [4.69, 9.17) is 5.26 Å². The molecule has 106 valence electrons. The second kappa shape index (κ2) is 6.82. The zero-order valence-electron chi connectivity index (χ0n) is 10.8. The molecule has 6 nitrogen and oxygen atoms in total. The molecule has 1 rings (SSSR count). The van der Waals surface area contributed by atoms with Gasteiger partial charge in [0.2, 0.25) is 0 Å². The summed E-state index contributed by atoms with van der Waals surface area (Å²) >= 11 is 0. The van der Waals surface area contributed by atoms with Crippen LogP contribution in [-0.2, 0) is 19.4 Å². The van der Waals surface area contributed by atoms with Gasteiger partial charge in [-0.1, -0.05) is 12.1 Å². The van der Waals surface area contributed by atoms with Crippen molar-refractivity contribution >= 4 is 21.6 Å². The van der Waals surface area contributed by atoms with Crippen molar-refractivity contribution in [3.05, 3.63) is 35.4 Å². The number of sulfone groups is 1. The minimum atomic E-state index is -3.67. The summed E-state index contributed by atoms with van der Waals surface area (Å²) in [6.45, 7) is 0. The van der Waals surface area contributed by atoms with Crippen LogP contribution in [0.15, 0.2) is 24.3 Å². The molecule has 0 fully saturated rings. The van der Waals surface area contributed by atoms with E-state index in [1.165, 1.54) is 24.3 Å². The first-order chi connectivity index (χ1) is 9.38. The summed E-state index contributed by atoms with van der Waals surface area (Å²) in [5.74, 6) is -2.31. The molecule has 20 heavy (non-hydrogen) atoms. The van der Waals surface area contributed by atoms with E-state index < -0.39 is 33.1 Å². The Bertz CT molecular complexity index is 640. The molecule has 0 amide bonds. The maximum Gasteiger partial charge on any atom is 0.306 e. The van der Waals surface area contributed by atoms with E-state index in [0.29, 0.717) is 5.56 Å². The molecule has 0 spiro atoms. The molecule has 0 saturated heterocycles. The summed E-state index contributed by atoms with van der Waals surface area (Å²) in [7, 11) is -2.50. The highest BCUT2D eigenvalue weighted by atomic mass is 32.2. The number of rotatable bonds is 6. The highest BCUT2D eigenvalue weighted by Gasteiger charge is 2.19. The third-order valence-electron chi connectivity index (χ3n) is 2.53. The predicted molar refractivity (Wildman–Crippen MR) is 70.8 cm³/mol. The molecule has 0 aliphatic heterocycles. The summed E-state index contributed by atoms with van der Waals surface area (Å²) in [5.41, 5.74) is 0.598. The molecule has 0 N–H and O–H groups in total. The largest absolute Gasteiger partial charge is 0.469 e. The summed E-state index contributed by atoms with van der Waals surface area (Å²) in [6.07, 6.45) is -0.278. The number of hydrogen-bond donors (Lipinski definition) is 0. The molecule has 1 aromatic rings. The van der Waals surface area contributed by atoms with Crippen molar-refractivity contribution < 1.29 is 22.7 Å². The number of esters is 1. The second-order valence-electron chi connectivity index (χ2n) is 4.03. The first-order valence-electron chi connectivity index (χ1n) is 5.68. The smallest absolute Gasteiger partial charge is 0.306 e. The molecule has 0 unspecified atom stereocenters. The number of carbonyl (C=O) groups is 2. The van der Waals surface area contributed by atoms with Gasteiger partial charge >= 0.3 is 5.97 Å². The number of methoxy groups -OCH3 is 1. The lowest BCUT2D eigenvalue weighted by atomic mass is 10.1. The lowest BCUT2D eigenvalue weighted by Crippen LogP contribution is -2.21. The van der Waals surface area contributed by atoms with E-state index in [1.807, 2.05) is 6.07 Å². The minimum absolute atomic E-state index is 0.214. The quantitative estimate of drug-likeness (QED) is 0.566. The number of hydrogen-bond acceptors (Lipinski definition) is 6. The SMILES string of the molecule is COC(=O)CCS(=O)(=O)CC(=O)c1ccc(C#N)cc1. The fourth-order valence-corrected chi connectivity index (χ4v) is 2.61. The molecule has 0 bridgehead atoms. The van der Waals surface area contributed by atoms with Gasteiger partial charge < -0.3 is 4.74 Å². The van der Waals surface area contributed by atoms with Gasteiger partial charge in [-0.25, -0.2) is 8.42 Å². The molecule has 0 saturated carbocycles. The van der Waals surface area contributed by atoms with Crippen molar-refractivity contribution in [3.63, 3.8) is 0 Å². The lowest BCUT2D eigenvalue weighted by molar-refractivity contribution is -0.140. The van der Waals surface area contributed by atoms with Crippen molar-refractivity contribution in [2.45, 2.75) is 6.42 Å². The van der Waals surface area contributed by atoms with Gasteiger partial charge in [-0.2, -0.15) is 5.26 Å². The Kier molecular flexibility index (Phi) is 5.41. The average Bonchev–Trinajstić information content (AvgIpc) is 2.44. The number of nitrogens with zero attached hydrogens (tertiary/aromatic N) is 1. The van der Waals surface area contributed by atoms with Gasteiger partial charge in [-0.05, 0) is 12.1 Å². The van der Waals surface area contributed by atoms with Crippen molar-refractivity contribution in [3.8, 4) is 6.07 Å². The van der Waals surface area contributed by atoms with Crippen LogP contribution >= 0.6 is 0 Å². The molecule has 1 aromatic carbocycles. The van der Waals surface area contributed by atoms with E-state index in [0.717, 1.165) is 7.11 Å². The van der Waals surface area contributed by atoms with Gasteiger partial charge in [0.25, 0.3) is 0 Å². The Morgan fingerprint density at radius 3 is 2.35 bits per heavy atom. The lowest BCUT2D eigenvalue weighted by Gasteiger charge is -2.03. The molecule has 0 aromatic heterocycles. The van der Waals surface area contributed by atoms with Gasteiger partial charge in [-0.15, -0.1) is 0 Å². The Balaban J connectivity index is 2.69. The molecule has 0 radical (unpaired) electrons. The number of nitriles is 1. The zero-order chi connectivity index (χ0) is 15.2. The van der Waals surface area contributed by atoms with Crippen LogP contribution in [0.25, 0.3) is 0 Å². The topological polar surface area (TPSA) is 101 Å². The van der Waals surface area contributed by atoms with E-state index in [-0.39, 0.29) is 12.0 Å². The van der Waals surface area contributed by atoms with E-state index >= 15 is 0 Å². The number of carbonyl (C=O) groups excluding carboxylic acids is 2. The van der Waals surface area contributed by atoms with Crippen LogP contribution in [-0.4, -0.2) is 38.8 Å². The van der Waals surface area contributed by atoms with Crippen LogP contribution in [0.5, 0.6) is 0 Å². The number of ketones is 1. The molecule has 0 aliphatic carbocycles. The summed E-state index contributed by atoms with van der Waals surface area (Å²) in [6, 6.07) is 7.58. The van der Waals surface area contributed by atoms with Gasteiger partial charge in [0, 0.05) is 5.56 Å². The average molecular weight is 295 g/mol.